The van der Waals surface area contributed by atoms with E-state index >= 15 is 0 Å². The van der Waals surface area contributed by atoms with Gasteiger partial charge in [0.1, 0.15) is 11.4 Å². The number of halogens is 2. The summed E-state index contributed by atoms with van der Waals surface area (Å²) in [6, 6.07) is 4.39. The van der Waals surface area contributed by atoms with Gasteiger partial charge in [0, 0.05) is 17.1 Å². The number of nitrogens with one attached hydrogen (secondary N) is 1. The first-order valence-corrected chi connectivity index (χ1v) is 5.84. The van der Waals surface area contributed by atoms with E-state index in [1.54, 1.807) is 12.1 Å². The van der Waals surface area contributed by atoms with Crippen molar-refractivity contribution in [3.05, 3.63) is 34.6 Å². The Morgan fingerprint density at radius 3 is 2.71 bits per heavy atom. The summed E-state index contributed by atoms with van der Waals surface area (Å²) in [5.74, 6) is -1.28. The molecular weight excluding hydrogens is 245 g/mol. The lowest BCUT2D eigenvalue weighted by Gasteiger charge is -2.38. The molecule has 1 aromatic rings. The average Bonchev–Trinajstić information content (AvgIpc) is 2.18. The number of hydrogen-bond donors (Lipinski definition) is 2. The molecule has 0 heterocycles. The molecule has 1 fully saturated rings. The van der Waals surface area contributed by atoms with Crippen LogP contribution in [0.5, 0.6) is 0 Å². The fourth-order valence-electron chi connectivity index (χ4n) is 1.93. The normalized spacial score (nSPS) is 17.5. The van der Waals surface area contributed by atoms with Crippen molar-refractivity contribution in [3.8, 4) is 0 Å². The molecular formula is C12H13ClFNO2. The second-order valence-corrected chi connectivity index (χ2v) is 4.77. The SMILES string of the molecule is O=C(O)C1(NCc2ccc(Cl)cc2F)CCC1. The molecule has 3 nitrogen and oxygen atoms in total. The summed E-state index contributed by atoms with van der Waals surface area (Å²) in [5.41, 5.74) is -0.437. The average molecular weight is 258 g/mol. The second kappa shape index (κ2) is 4.63. The van der Waals surface area contributed by atoms with Gasteiger partial charge in [0.05, 0.1) is 0 Å². The predicted molar refractivity (Wildman–Crippen MR) is 62.5 cm³/mol. The van der Waals surface area contributed by atoms with E-state index in [4.69, 9.17) is 16.7 Å². The fraction of sp³-hybridized carbons (Fsp3) is 0.417. The Morgan fingerprint density at radius 1 is 1.53 bits per heavy atom. The van der Waals surface area contributed by atoms with Gasteiger partial charge in [-0.15, -0.1) is 0 Å². The van der Waals surface area contributed by atoms with Crippen LogP contribution in [0.3, 0.4) is 0 Å². The first-order chi connectivity index (χ1) is 8.03. The maximum atomic E-state index is 13.5. The van der Waals surface area contributed by atoms with E-state index in [-0.39, 0.29) is 6.54 Å². The van der Waals surface area contributed by atoms with Crippen molar-refractivity contribution in [1.82, 2.24) is 5.32 Å². The molecule has 2 N–H and O–H groups in total. The van der Waals surface area contributed by atoms with Crippen LogP contribution in [0.15, 0.2) is 18.2 Å². The Kier molecular flexibility index (Phi) is 3.35. The topological polar surface area (TPSA) is 49.3 Å². The van der Waals surface area contributed by atoms with Crippen LogP contribution in [0.4, 0.5) is 4.39 Å². The molecule has 1 aliphatic rings. The van der Waals surface area contributed by atoms with Crippen molar-refractivity contribution < 1.29 is 14.3 Å². The highest BCUT2D eigenvalue weighted by molar-refractivity contribution is 6.30. The first-order valence-electron chi connectivity index (χ1n) is 5.46. The van der Waals surface area contributed by atoms with Crippen molar-refractivity contribution in [2.45, 2.75) is 31.3 Å². The lowest BCUT2D eigenvalue weighted by atomic mass is 9.76. The van der Waals surface area contributed by atoms with Crippen molar-refractivity contribution in [3.63, 3.8) is 0 Å². The fourth-order valence-corrected chi connectivity index (χ4v) is 2.08. The van der Waals surface area contributed by atoms with Crippen LogP contribution in [-0.4, -0.2) is 16.6 Å². The van der Waals surface area contributed by atoms with Gasteiger partial charge in [0.15, 0.2) is 0 Å². The maximum absolute atomic E-state index is 13.5. The summed E-state index contributed by atoms with van der Waals surface area (Å²) in [4.78, 5) is 11.1. The van der Waals surface area contributed by atoms with Crippen LogP contribution in [0, 0.1) is 5.82 Å². The Hall–Kier alpha value is -1.13. The number of benzene rings is 1. The molecule has 0 spiro atoms. The highest BCUT2D eigenvalue weighted by Gasteiger charge is 2.43. The summed E-state index contributed by atoms with van der Waals surface area (Å²) in [6.45, 7) is 0.204. The lowest BCUT2D eigenvalue weighted by Crippen LogP contribution is -2.56. The van der Waals surface area contributed by atoms with Gasteiger partial charge in [-0.05, 0) is 31.4 Å². The van der Waals surface area contributed by atoms with Crippen LogP contribution >= 0.6 is 11.6 Å². The molecule has 0 radical (unpaired) electrons. The van der Waals surface area contributed by atoms with E-state index in [9.17, 15) is 9.18 Å². The summed E-state index contributed by atoms with van der Waals surface area (Å²) < 4.78 is 13.5. The minimum absolute atomic E-state index is 0.204. The minimum Gasteiger partial charge on any atom is -0.480 e. The lowest BCUT2D eigenvalue weighted by molar-refractivity contribution is -0.148. The molecule has 0 unspecified atom stereocenters. The van der Waals surface area contributed by atoms with Crippen molar-refractivity contribution in [2.24, 2.45) is 0 Å². The summed E-state index contributed by atoms with van der Waals surface area (Å²) in [5, 5.41) is 12.4. The van der Waals surface area contributed by atoms with Crippen LogP contribution in [0.25, 0.3) is 0 Å². The van der Waals surface area contributed by atoms with E-state index in [2.05, 4.69) is 5.32 Å². The van der Waals surface area contributed by atoms with Gasteiger partial charge in [-0.25, -0.2) is 4.39 Å². The minimum atomic E-state index is -0.869. The number of aliphatic carboxylic acids is 1. The molecule has 0 saturated heterocycles. The Balaban J connectivity index is 2.04. The highest BCUT2D eigenvalue weighted by Crippen LogP contribution is 2.32. The van der Waals surface area contributed by atoms with Gasteiger partial charge in [-0.3, -0.25) is 10.1 Å². The van der Waals surface area contributed by atoms with Crippen LogP contribution < -0.4 is 5.32 Å². The standard InChI is InChI=1S/C12H13ClFNO2/c13-9-3-2-8(10(14)6-9)7-15-12(11(16)17)4-1-5-12/h2-3,6,15H,1,4-5,7H2,(H,16,17). The largest absolute Gasteiger partial charge is 0.480 e. The number of carboxylic acids is 1. The molecule has 92 valence electrons. The first kappa shape index (κ1) is 12.3. The Bertz CT molecular complexity index is 446. The zero-order chi connectivity index (χ0) is 12.5. The molecule has 0 aliphatic heterocycles. The molecule has 0 bridgehead atoms. The summed E-state index contributed by atoms with van der Waals surface area (Å²) >= 11 is 5.64. The van der Waals surface area contributed by atoms with E-state index in [1.807, 2.05) is 0 Å². The molecule has 0 amide bonds. The molecule has 5 heteroatoms. The zero-order valence-corrected chi connectivity index (χ0v) is 9.93. The quantitative estimate of drug-likeness (QED) is 0.872. The van der Waals surface area contributed by atoms with Gasteiger partial charge < -0.3 is 5.11 Å². The molecule has 1 aromatic carbocycles. The zero-order valence-electron chi connectivity index (χ0n) is 9.17. The third-order valence-corrected chi connectivity index (χ3v) is 3.48. The predicted octanol–water partition coefficient (Wildman–Crippen LogP) is 2.58. The molecule has 17 heavy (non-hydrogen) atoms. The molecule has 1 saturated carbocycles. The Morgan fingerprint density at radius 2 is 2.24 bits per heavy atom. The van der Waals surface area contributed by atoms with Gasteiger partial charge >= 0.3 is 5.97 Å². The third kappa shape index (κ3) is 2.42. The smallest absolute Gasteiger partial charge is 0.323 e. The molecule has 0 atom stereocenters. The van der Waals surface area contributed by atoms with E-state index in [1.165, 1.54) is 6.07 Å². The van der Waals surface area contributed by atoms with Crippen molar-refractivity contribution in [1.29, 1.82) is 0 Å². The summed E-state index contributed by atoms with van der Waals surface area (Å²) in [7, 11) is 0. The molecule has 2 rings (SSSR count). The van der Waals surface area contributed by atoms with E-state index in [0.29, 0.717) is 23.4 Å². The van der Waals surface area contributed by atoms with Crippen LogP contribution in [0.1, 0.15) is 24.8 Å². The van der Waals surface area contributed by atoms with Gasteiger partial charge in [-0.2, -0.15) is 0 Å². The molecule has 1 aliphatic carbocycles. The number of carbonyl (C=O) groups is 1. The van der Waals surface area contributed by atoms with Gasteiger partial charge in [0.2, 0.25) is 0 Å². The highest BCUT2D eigenvalue weighted by atomic mass is 35.5. The third-order valence-electron chi connectivity index (χ3n) is 3.25. The number of hydrogen-bond acceptors (Lipinski definition) is 2. The van der Waals surface area contributed by atoms with E-state index in [0.717, 1.165) is 6.42 Å². The van der Waals surface area contributed by atoms with Crippen LogP contribution in [-0.2, 0) is 11.3 Å². The van der Waals surface area contributed by atoms with Crippen molar-refractivity contribution >= 4 is 17.6 Å². The van der Waals surface area contributed by atoms with E-state index < -0.39 is 17.3 Å². The monoisotopic (exact) mass is 257 g/mol. The molecule has 0 aromatic heterocycles. The number of carboxylic acid groups (broad SMARTS) is 1. The maximum Gasteiger partial charge on any atom is 0.323 e. The second-order valence-electron chi connectivity index (χ2n) is 4.33. The van der Waals surface area contributed by atoms with Crippen molar-refractivity contribution in [2.75, 3.05) is 0 Å². The Labute approximate surface area is 104 Å². The summed E-state index contributed by atoms with van der Waals surface area (Å²) in [6.07, 6.45) is 2.08. The number of rotatable bonds is 4. The van der Waals surface area contributed by atoms with Gasteiger partial charge in [-0.1, -0.05) is 17.7 Å². The van der Waals surface area contributed by atoms with Crippen LogP contribution in [0.2, 0.25) is 5.02 Å². The van der Waals surface area contributed by atoms with Gasteiger partial charge in [0.25, 0.3) is 0 Å².